The summed E-state index contributed by atoms with van der Waals surface area (Å²) in [7, 11) is 3.24. The van der Waals surface area contributed by atoms with Gasteiger partial charge in [-0.15, -0.1) is 0 Å². The van der Waals surface area contributed by atoms with E-state index in [2.05, 4.69) is 4.98 Å². The van der Waals surface area contributed by atoms with Crippen LogP contribution in [0.1, 0.15) is 40.5 Å². The maximum atomic E-state index is 14.0. The number of ether oxygens (including phenoxy) is 4. The van der Waals surface area contributed by atoms with Gasteiger partial charge in [0, 0.05) is 30.6 Å². The van der Waals surface area contributed by atoms with E-state index in [1.54, 1.807) is 27.8 Å². The summed E-state index contributed by atoms with van der Waals surface area (Å²) < 4.78 is 46.4. The maximum absolute atomic E-state index is 14.0. The first kappa shape index (κ1) is 36.4. The van der Waals surface area contributed by atoms with Crippen molar-refractivity contribution < 1.29 is 28.0 Å². The minimum absolute atomic E-state index is 0.00540. The van der Waals surface area contributed by atoms with Crippen molar-refractivity contribution in [2.45, 2.75) is 43.1 Å². The highest BCUT2D eigenvalue weighted by atomic mass is 32.7. The second-order valence-electron chi connectivity index (χ2n) is 12.3. The van der Waals surface area contributed by atoms with Gasteiger partial charge in [0.05, 0.1) is 26.9 Å². The van der Waals surface area contributed by atoms with Crippen LogP contribution in [0.3, 0.4) is 0 Å². The zero-order valence-electron chi connectivity index (χ0n) is 28.9. The topological polar surface area (TPSA) is 118 Å². The Morgan fingerprint density at radius 1 is 0.843 bits per heavy atom. The molecule has 4 aromatic carbocycles. The highest BCUT2D eigenvalue weighted by Crippen LogP contribution is 2.60. The summed E-state index contributed by atoms with van der Waals surface area (Å²) in [6.07, 6.45) is -0.594. The lowest BCUT2D eigenvalue weighted by Crippen LogP contribution is -2.38. The number of aromatic nitrogens is 2. The molecule has 0 bridgehead atoms. The highest BCUT2D eigenvalue weighted by Gasteiger charge is 2.44. The molecule has 10 nitrogen and oxygen atoms in total. The quantitative estimate of drug-likeness (QED) is 0.0929. The van der Waals surface area contributed by atoms with Gasteiger partial charge >= 0.3 is 5.69 Å². The second kappa shape index (κ2) is 15.9. The van der Waals surface area contributed by atoms with Crippen LogP contribution in [0.5, 0.6) is 11.5 Å². The summed E-state index contributed by atoms with van der Waals surface area (Å²) in [6, 6.07) is 35.0. The summed E-state index contributed by atoms with van der Waals surface area (Å²) in [4.78, 5) is 27.6. The predicted octanol–water partition coefficient (Wildman–Crippen LogP) is 7.30. The molecule has 1 N–H and O–H groups in total. The van der Waals surface area contributed by atoms with Crippen molar-refractivity contribution in [1.82, 2.24) is 9.55 Å². The molecular weight excluding hydrogens is 687 g/mol. The molecule has 1 aliphatic heterocycles. The van der Waals surface area contributed by atoms with Crippen molar-refractivity contribution in [2.75, 3.05) is 27.5 Å². The van der Waals surface area contributed by atoms with E-state index in [1.807, 2.05) is 109 Å². The summed E-state index contributed by atoms with van der Waals surface area (Å²) >= 11 is 1.24. The lowest BCUT2D eigenvalue weighted by atomic mass is 9.80. The molecule has 5 aromatic rings. The number of hydrogen-bond acceptors (Lipinski definition) is 9. The van der Waals surface area contributed by atoms with Gasteiger partial charge < -0.3 is 23.5 Å². The minimum atomic E-state index is -3.24. The fraction of sp³-hybridized carbons (Fsp3) is 0.282. The lowest BCUT2D eigenvalue weighted by Gasteiger charge is -2.37. The van der Waals surface area contributed by atoms with Gasteiger partial charge in [-0.1, -0.05) is 96.3 Å². The van der Waals surface area contributed by atoms with Crippen LogP contribution < -0.4 is 20.7 Å². The molecule has 1 unspecified atom stereocenters. The van der Waals surface area contributed by atoms with Crippen molar-refractivity contribution in [3.05, 3.63) is 164 Å². The van der Waals surface area contributed by atoms with E-state index in [4.69, 9.17) is 23.5 Å². The Kier molecular flexibility index (Phi) is 11.3. The summed E-state index contributed by atoms with van der Waals surface area (Å²) in [6.45, 7) is -0.0218. The summed E-state index contributed by atoms with van der Waals surface area (Å²) in [5.74, 6) is 1.88. The van der Waals surface area contributed by atoms with Crippen molar-refractivity contribution in [1.29, 1.82) is 0 Å². The Morgan fingerprint density at radius 2 is 1.39 bits per heavy atom. The molecule has 0 radical (unpaired) electrons. The number of benzene rings is 4. The van der Waals surface area contributed by atoms with E-state index in [0.717, 1.165) is 22.3 Å². The monoisotopic (exact) mass is 728 g/mol. The fourth-order valence-electron chi connectivity index (χ4n) is 6.26. The molecule has 1 fully saturated rings. The van der Waals surface area contributed by atoms with Crippen LogP contribution in [-0.4, -0.2) is 49.3 Å². The zero-order chi connectivity index (χ0) is 36.0. The zero-order valence-corrected chi connectivity index (χ0v) is 30.6. The smallest absolute Gasteiger partial charge is 0.330 e. The second-order valence-corrected chi connectivity index (χ2v) is 17.4. The molecular formula is C39H41N2O8PS. The first-order chi connectivity index (χ1) is 24.6. The van der Waals surface area contributed by atoms with Crippen LogP contribution in [0, 0.1) is 6.92 Å². The van der Waals surface area contributed by atoms with Gasteiger partial charge in [-0.2, -0.15) is 0 Å². The van der Waals surface area contributed by atoms with Crippen LogP contribution in [-0.2, 0) is 29.9 Å². The molecule has 0 amide bonds. The number of H-pyrrole nitrogens is 1. The Morgan fingerprint density at radius 3 is 1.96 bits per heavy atom. The van der Waals surface area contributed by atoms with Gasteiger partial charge in [-0.25, -0.2) is 4.79 Å². The van der Waals surface area contributed by atoms with E-state index < -0.39 is 41.9 Å². The van der Waals surface area contributed by atoms with E-state index >= 15 is 0 Å². The SMILES string of the molecule is COc1ccc(C(OC[C@H]2O[C@@H](n3cc(C)c(=O)[nH]c3=O)C[C@@H]2OP(C)(=O)SCc2ccccc2)(c2ccccc2)c2ccc(OC)cc2)cc1. The third-order valence-electron chi connectivity index (χ3n) is 8.91. The molecule has 266 valence electrons. The normalized spacial score (nSPS) is 18.6. The van der Waals surface area contributed by atoms with Crippen molar-refractivity contribution in [3.8, 4) is 11.5 Å². The van der Waals surface area contributed by atoms with Gasteiger partial charge in [-0.3, -0.25) is 18.9 Å². The number of nitrogens with one attached hydrogen (secondary N) is 1. The number of aromatic amines is 1. The Bertz CT molecular complexity index is 2020. The number of nitrogens with zero attached hydrogens (tertiary/aromatic N) is 1. The van der Waals surface area contributed by atoms with Crippen LogP contribution in [0.15, 0.2) is 125 Å². The van der Waals surface area contributed by atoms with Crippen molar-refractivity contribution >= 4 is 18.0 Å². The summed E-state index contributed by atoms with van der Waals surface area (Å²) in [5, 5.41) is 0. The predicted molar refractivity (Wildman–Crippen MR) is 199 cm³/mol. The fourth-order valence-corrected chi connectivity index (χ4v) is 9.27. The van der Waals surface area contributed by atoms with Crippen molar-refractivity contribution in [2.24, 2.45) is 0 Å². The van der Waals surface area contributed by atoms with Gasteiger partial charge in [0.2, 0.25) is 0 Å². The first-order valence-electron chi connectivity index (χ1n) is 16.5. The molecule has 51 heavy (non-hydrogen) atoms. The van der Waals surface area contributed by atoms with Crippen LogP contribution in [0.4, 0.5) is 0 Å². The Labute approximate surface area is 300 Å². The standard InChI is InChI=1S/C39H41N2O8PS/c1-27-24-41(38(43)40-37(27)42)36-23-34(49-50(4,44)51-26-28-11-7-5-8-12-28)35(48-36)25-47-39(29-13-9-6-10-14-29,30-15-19-32(45-2)20-16-30)31-17-21-33(46-3)22-18-31/h5-22,24,34-36H,23,25-26H2,1-4H3,(H,40,42,43)/t34-,35+,36+,50?/m0/s1. The molecule has 1 aliphatic rings. The average Bonchev–Trinajstić information content (AvgIpc) is 3.55. The number of hydrogen-bond donors (Lipinski definition) is 1. The molecule has 4 atom stereocenters. The number of methoxy groups -OCH3 is 2. The van der Waals surface area contributed by atoms with Crippen LogP contribution >= 0.6 is 18.0 Å². The van der Waals surface area contributed by atoms with Gasteiger partial charge in [0.25, 0.3) is 12.1 Å². The van der Waals surface area contributed by atoms with Gasteiger partial charge in [0.15, 0.2) is 0 Å². The number of aryl methyl sites for hydroxylation is 1. The summed E-state index contributed by atoms with van der Waals surface area (Å²) in [5.41, 5.74) is 1.69. The molecule has 1 aromatic heterocycles. The molecule has 0 spiro atoms. The van der Waals surface area contributed by atoms with E-state index in [9.17, 15) is 14.2 Å². The Balaban J connectivity index is 1.38. The molecule has 12 heteroatoms. The Hall–Kier alpha value is -4.38. The minimum Gasteiger partial charge on any atom is -0.497 e. The average molecular weight is 729 g/mol. The van der Waals surface area contributed by atoms with Crippen molar-refractivity contribution in [3.63, 3.8) is 0 Å². The molecule has 6 rings (SSSR count). The molecule has 2 heterocycles. The maximum Gasteiger partial charge on any atom is 0.330 e. The number of rotatable bonds is 14. The van der Waals surface area contributed by atoms with E-state index in [0.29, 0.717) is 22.8 Å². The van der Waals surface area contributed by atoms with E-state index in [-0.39, 0.29) is 13.0 Å². The van der Waals surface area contributed by atoms with Crippen LogP contribution in [0.25, 0.3) is 0 Å². The third kappa shape index (κ3) is 8.24. The van der Waals surface area contributed by atoms with E-state index in [1.165, 1.54) is 22.1 Å². The lowest BCUT2D eigenvalue weighted by molar-refractivity contribution is -0.0911. The molecule has 1 saturated heterocycles. The van der Waals surface area contributed by atoms with Gasteiger partial charge in [0.1, 0.15) is 29.4 Å². The van der Waals surface area contributed by atoms with Crippen LogP contribution in [0.2, 0.25) is 0 Å². The third-order valence-corrected chi connectivity index (χ3v) is 12.5. The highest BCUT2D eigenvalue weighted by molar-refractivity contribution is 8.56. The first-order valence-corrected chi connectivity index (χ1v) is 20.2. The largest absolute Gasteiger partial charge is 0.497 e. The molecule has 0 aliphatic carbocycles. The molecule has 0 saturated carbocycles. The van der Waals surface area contributed by atoms with Gasteiger partial charge in [-0.05, 0) is 53.4 Å².